The average Bonchev–Trinajstić information content (AvgIpc) is 3.31. The van der Waals surface area contributed by atoms with Crippen LogP contribution in [-0.2, 0) is 57.2 Å². The van der Waals surface area contributed by atoms with E-state index in [4.69, 9.17) is 28.4 Å². The first kappa shape index (κ1) is 51.1. The number of nitrogens with one attached hydrogen (secondary N) is 1. The van der Waals surface area contributed by atoms with Gasteiger partial charge in [0.05, 0.1) is 29.6 Å². The molecule has 1 amide bonds. The fourth-order valence-corrected chi connectivity index (χ4v) is 10.9. The fourth-order valence-electron chi connectivity index (χ4n) is 10.9. The maximum atomic E-state index is 15.7. The van der Waals surface area contributed by atoms with E-state index in [1.165, 1.54) is 52.0 Å². The Balaban J connectivity index is 1.41. The first-order valence-corrected chi connectivity index (χ1v) is 23.0. The number of esters is 5. The van der Waals surface area contributed by atoms with Crippen LogP contribution >= 0.6 is 0 Å². The molecule has 4 N–H and O–H groups in total. The molecule has 0 spiro atoms. The summed E-state index contributed by atoms with van der Waals surface area (Å²) in [5.41, 5.74) is -7.67. The molecule has 4 aliphatic rings. The van der Waals surface area contributed by atoms with Crippen molar-refractivity contribution in [2.45, 2.75) is 128 Å². The third-order valence-electron chi connectivity index (χ3n) is 14.5. The minimum Gasteiger partial charge on any atom is -0.481 e. The van der Waals surface area contributed by atoms with Crippen LogP contribution < -0.4 is 5.32 Å². The minimum absolute atomic E-state index is 0.0272. The van der Waals surface area contributed by atoms with Crippen LogP contribution in [0, 0.1) is 16.7 Å². The molecule has 1 saturated heterocycles. The van der Waals surface area contributed by atoms with Crippen molar-refractivity contribution in [2.75, 3.05) is 6.61 Å². The molecule has 70 heavy (non-hydrogen) atoms. The first-order chi connectivity index (χ1) is 33.1. The standard InChI is InChI=1S/C52H57NO17/c1-28-34(67-48(63)42(68-38(59)24-16-23-37(57)58)40(31-17-10-7-11-18-31)53-46(61)32-19-12-8-13-20-32)26-52(64)45(69-47(62)33-21-14-9-15-22-33)43-50(6,35(56)25-36-51(43,27-65-36)70-30(3)55)44(60)41(66-29(2)54)39(28)49(52,4)5/h7-15,17-22,34-36,40-43,45,56,64H,16,23-27H2,1-6H3,(H,53,61)(H,57,58)/t34?,35-,36+,40?,41?,42?,43-,45-,50+,51-,52+/m0/s1. The Morgan fingerprint density at radius 3 is 1.97 bits per heavy atom. The number of rotatable bonds is 15. The van der Waals surface area contributed by atoms with Gasteiger partial charge in [0, 0.05) is 50.5 Å². The van der Waals surface area contributed by atoms with Crippen molar-refractivity contribution in [3.63, 3.8) is 0 Å². The van der Waals surface area contributed by atoms with Crippen molar-refractivity contribution in [3.8, 4) is 0 Å². The quantitative estimate of drug-likeness (QED) is 0.0925. The third-order valence-corrected chi connectivity index (χ3v) is 14.5. The number of carboxylic acid groups (broad SMARTS) is 1. The number of hydrogen-bond acceptors (Lipinski definition) is 16. The van der Waals surface area contributed by atoms with Crippen molar-refractivity contribution >= 4 is 47.5 Å². The Bertz CT molecular complexity index is 2560. The number of aliphatic hydroxyl groups excluding tert-OH is 1. The number of hydrogen-bond donors (Lipinski definition) is 4. The van der Waals surface area contributed by atoms with Crippen LogP contribution in [0.15, 0.2) is 102 Å². The van der Waals surface area contributed by atoms with Gasteiger partial charge in [-0.15, -0.1) is 0 Å². The molecule has 3 aliphatic carbocycles. The summed E-state index contributed by atoms with van der Waals surface area (Å²) < 4.78 is 36.5. The van der Waals surface area contributed by atoms with Gasteiger partial charge in [0.1, 0.15) is 30.0 Å². The molecule has 0 radical (unpaired) electrons. The van der Waals surface area contributed by atoms with Gasteiger partial charge in [0.25, 0.3) is 5.91 Å². The van der Waals surface area contributed by atoms with E-state index in [-0.39, 0.29) is 47.3 Å². The molecular formula is C52H57NO17. The van der Waals surface area contributed by atoms with Crippen LogP contribution in [0.25, 0.3) is 0 Å². The Morgan fingerprint density at radius 1 is 0.814 bits per heavy atom. The van der Waals surface area contributed by atoms with Crippen LogP contribution in [0.4, 0.5) is 0 Å². The number of benzene rings is 3. The number of carbonyl (C=O) groups is 8. The van der Waals surface area contributed by atoms with Gasteiger partial charge in [0.2, 0.25) is 6.10 Å². The molecular weight excluding hydrogens is 911 g/mol. The zero-order valence-corrected chi connectivity index (χ0v) is 39.6. The zero-order valence-electron chi connectivity index (χ0n) is 39.6. The van der Waals surface area contributed by atoms with Crippen LogP contribution in [0.2, 0.25) is 0 Å². The fraction of sp³-hybridized carbons (Fsp3) is 0.462. The molecule has 4 unspecified atom stereocenters. The van der Waals surface area contributed by atoms with Gasteiger partial charge in [-0.3, -0.25) is 28.8 Å². The van der Waals surface area contributed by atoms with Crippen molar-refractivity contribution in [1.29, 1.82) is 0 Å². The highest BCUT2D eigenvalue weighted by Gasteiger charge is 2.78. The summed E-state index contributed by atoms with van der Waals surface area (Å²) in [7, 11) is 0. The van der Waals surface area contributed by atoms with Gasteiger partial charge in [-0.1, -0.05) is 80.6 Å². The van der Waals surface area contributed by atoms with E-state index in [0.717, 1.165) is 13.8 Å². The Kier molecular flexibility index (Phi) is 14.5. The lowest BCUT2D eigenvalue weighted by molar-refractivity contribution is -0.346. The Hall–Kier alpha value is -6.76. The van der Waals surface area contributed by atoms with E-state index in [1.807, 2.05) is 0 Å². The van der Waals surface area contributed by atoms with E-state index in [1.54, 1.807) is 66.7 Å². The van der Waals surface area contributed by atoms with Gasteiger partial charge in [-0.2, -0.15) is 0 Å². The van der Waals surface area contributed by atoms with Gasteiger partial charge < -0.3 is 49.1 Å². The molecule has 18 nitrogen and oxygen atoms in total. The summed E-state index contributed by atoms with van der Waals surface area (Å²) in [4.78, 5) is 110. The summed E-state index contributed by atoms with van der Waals surface area (Å²) in [6, 6.07) is 22.3. The summed E-state index contributed by atoms with van der Waals surface area (Å²) in [5.74, 6) is -9.41. The van der Waals surface area contributed by atoms with E-state index >= 15 is 9.59 Å². The maximum Gasteiger partial charge on any atom is 0.350 e. The number of ether oxygens (including phenoxy) is 6. The van der Waals surface area contributed by atoms with Crippen LogP contribution in [0.3, 0.4) is 0 Å². The lowest BCUT2D eigenvalue weighted by atomic mass is 9.44. The van der Waals surface area contributed by atoms with Crippen LogP contribution in [0.1, 0.15) is 106 Å². The van der Waals surface area contributed by atoms with Gasteiger partial charge >= 0.3 is 35.8 Å². The van der Waals surface area contributed by atoms with E-state index in [0.29, 0.717) is 0 Å². The summed E-state index contributed by atoms with van der Waals surface area (Å²) in [6.45, 7) is 7.73. The van der Waals surface area contributed by atoms with Crippen LogP contribution in [-0.4, -0.2) is 117 Å². The largest absolute Gasteiger partial charge is 0.481 e. The molecule has 1 aliphatic heterocycles. The molecule has 3 fully saturated rings. The highest BCUT2D eigenvalue weighted by atomic mass is 16.6. The number of carbonyl (C=O) groups excluding carboxylic acids is 7. The second kappa shape index (κ2) is 19.9. The smallest absolute Gasteiger partial charge is 0.350 e. The number of amides is 1. The number of aliphatic hydroxyl groups is 2. The lowest BCUT2D eigenvalue weighted by Gasteiger charge is -2.67. The number of carboxylic acids is 1. The lowest BCUT2D eigenvalue weighted by Crippen LogP contribution is -2.82. The Morgan fingerprint density at radius 2 is 1.41 bits per heavy atom. The van der Waals surface area contributed by atoms with Gasteiger partial charge in [-0.05, 0) is 61.2 Å². The first-order valence-electron chi connectivity index (χ1n) is 23.0. The topological polar surface area (TPSA) is 265 Å². The third kappa shape index (κ3) is 9.34. The molecule has 7 rings (SSSR count). The summed E-state index contributed by atoms with van der Waals surface area (Å²) in [5, 5.41) is 38.1. The normalized spacial score (nSPS) is 29.4. The molecule has 372 valence electrons. The molecule has 0 aromatic heterocycles. The summed E-state index contributed by atoms with van der Waals surface area (Å²) in [6.07, 6.45) is -12.0. The second-order valence-electron chi connectivity index (χ2n) is 19.1. The Labute approximate surface area is 403 Å². The van der Waals surface area contributed by atoms with Crippen molar-refractivity contribution in [2.24, 2.45) is 16.7 Å². The molecule has 3 aromatic carbocycles. The SMILES string of the molecule is CC(=O)OC1C(=O)[C@@]2(C)[C@H]([C@H](OC(=O)c3ccccc3)[C@]3(O)CC(OC(=O)C(OC(=O)CCCC(=O)O)C(NC(=O)c4ccccc4)c4ccccc4)C(C)=C1C3(C)C)[C@]1(OC(C)=O)CO[C@@H]1C[C@@H]2O. The second-order valence-corrected chi connectivity index (χ2v) is 19.1. The molecule has 2 saturated carbocycles. The van der Waals surface area contributed by atoms with Crippen molar-refractivity contribution < 1.29 is 82.1 Å². The average molecular weight is 968 g/mol. The number of fused-ring (bicyclic) bond motifs is 5. The van der Waals surface area contributed by atoms with Crippen molar-refractivity contribution in [1.82, 2.24) is 5.32 Å². The predicted octanol–water partition coefficient (Wildman–Crippen LogP) is 4.54. The van der Waals surface area contributed by atoms with Gasteiger partial charge in [0.15, 0.2) is 17.5 Å². The maximum absolute atomic E-state index is 15.7. The highest BCUT2D eigenvalue weighted by molar-refractivity contribution is 5.96. The predicted molar refractivity (Wildman–Crippen MR) is 243 cm³/mol. The molecule has 11 atom stereocenters. The zero-order chi connectivity index (χ0) is 50.9. The number of aliphatic carboxylic acids is 1. The van der Waals surface area contributed by atoms with Gasteiger partial charge in [-0.25, -0.2) is 9.59 Å². The minimum atomic E-state index is -2.49. The van der Waals surface area contributed by atoms with E-state index in [9.17, 15) is 44.1 Å². The summed E-state index contributed by atoms with van der Waals surface area (Å²) >= 11 is 0. The van der Waals surface area contributed by atoms with Crippen LogP contribution in [0.5, 0.6) is 0 Å². The molecule has 3 aromatic rings. The highest BCUT2D eigenvalue weighted by Crippen LogP contribution is 2.64. The number of Topliss-reactive ketones (excluding diaryl/α,β-unsaturated/α-hetero) is 1. The molecule has 18 heteroatoms. The molecule has 1 heterocycles. The molecule has 2 bridgehead atoms. The monoisotopic (exact) mass is 967 g/mol. The van der Waals surface area contributed by atoms with E-state index < -0.39 is 137 Å². The number of ketones is 1. The van der Waals surface area contributed by atoms with Crippen molar-refractivity contribution in [3.05, 3.63) is 119 Å². The van der Waals surface area contributed by atoms with E-state index in [2.05, 4.69) is 5.32 Å².